The van der Waals surface area contributed by atoms with E-state index in [4.69, 9.17) is 15.1 Å². The largest absolute Gasteiger partial charge is 0.493 e. The molecule has 1 N–H and O–H groups in total. The molecule has 0 aliphatic rings. The van der Waals surface area contributed by atoms with Crippen molar-refractivity contribution in [1.82, 2.24) is 4.98 Å². The Morgan fingerprint density at radius 1 is 1.40 bits per heavy atom. The smallest absolute Gasteiger partial charge is 0.144 e. The first-order valence-corrected chi connectivity index (χ1v) is 4.96. The molecule has 0 aliphatic carbocycles. The van der Waals surface area contributed by atoms with Gasteiger partial charge in [0.1, 0.15) is 17.5 Å². The summed E-state index contributed by atoms with van der Waals surface area (Å²) in [6.07, 6.45) is 4.22. The number of ether oxygens (including phenoxy) is 1. The summed E-state index contributed by atoms with van der Waals surface area (Å²) in [6, 6.07) is 5.30. The molecule has 0 radical (unpaired) electrons. The van der Waals surface area contributed by atoms with Crippen molar-refractivity contribution in [2.24, 2.45) is 0 Å². The number of nitrogens with zero attached hydrogens (tertiary/aromatic N) is 2. The van der Waals surface area contributed by atoms with Crippen LogP contribution in [-0.2, 0) is 0 Å². The highest BCUT2D eigenvalue weighted by atomic mass is 16.5. The summed E-state index contributed by atoms with van der Waals surface area (Å²) in [5.41, 5.74) is 0.364. The number of aliphatic hydroxyl groups is 1. The molecular formula is C11H14N2O2. The molecular weight excluding hydrogens is 192 g/mol. The van der Waals surface area contributed by atoms with Crippen LogP contribution in [0.3, 0.4) is 0 Å². The number of hydrogen-bond donors (Lipinski definition) is 1. The summed E-state index contributed by atoms with van der Waals surface area (Å²) in [4.78, 5) is 3.84. The van der Waals surface area contributed by atoms with Crippen LogP contribution in [0.15, 0.2) is 18.3 Å². The number of unbranched alkanes of at least 4 members (excludes halogenated alkanes) is 2. The molecule has 15 heavy (non-hydrogen) atoms. The highest BCUT2D eigenvalue weighted by Gasteiger charge is 1.96. The van der Waals surface area contributed by atoms with Crippen molar-refractivity contribution >= 4 is 0 Å². The molecule has 4 nitrogen and oxygen atoms in total. The topological polar surface area (TPSA) is 66.1 Å². The van der Waals surface area contributed by atoms with Gasteiger partial charge in [0.05, 0.1) is 6.61 Å². The number of aliphatic hydroxyl groups excluding tert-OH is 1. The lowest BCUT2D eigenvalue weighted by Crippen LogP contribution is -1.98. The highest BCUT2D eigenvalue weighted by molar-refractivity contribution is 5.29. The van der Waals surface area contributed by atoms with E-state index in [2.05, 4.69) is 4.98 Å². The zero-order valence-electron chi connectivity index (χ0n) is 8.52. The molecule has 0 aromatic carbocycles. The summed E-state index contributed by atoms with van der Waals surface area (Å²) >= 11 is 0. The van der Waals surface area contributed by atoms with Gasteiger partial charge in [-0.3, -0.25) is 0 Å². The van der Waals surface area contributed by atoms with Gasteiger partial charge in [0, 0.05) is 18.9 Å². The van der Waals surface area contributed by atoms with E-state index in [9.17, 15) is 0 Å². The van der Waals surface area contributed by atoms with E-state index in [-0.39, 0.29) is 6.61 Å². The van der Waals surface area contributed by atoms with Crippen LogP contribution in [0.5, 0.6) is 5.75 Å². The van der Waals surface area contributed by atoms with Gasteiger partial charge in [-0.25, -0.2) is 4.98 Å². The van der Waals surface area contributed by atoms with Gasteiger partial charge >= 0.3 is 0 Å². The molecule has 1 heterocycles. The summed E-state index contributed by atoms with van der Waals surface area (Å²) in [5.74, 6) is 0.672. The SMILES string of the molecule is N#Cc1cc(OCCCCCO)ccn1. The van der Waals surface area contributed by atoms with Crippen LogP contribution < -0.4 is 4.74 Å². The van der Waals surface area contributed by atoms with Gasteiger partial charge in [-0.1, -0.05) is 0 Å². The first kappa shape index (κ1) is 11.5. The van der Waals surface area contributed by atoms with Crippen molar-refractivity contribution in [3.05, 3.63) is 24.0 Å². The molecule has 1 rings (SSSR count). The molecule has 0 atom stereocenters. The molecule has 80 valence electrons. The fourth-order valence-electron chi connectivity index (χ4n) is 1.14. The quantitative estimate of drug-likeness (QED) is 0.716. The van der Waals surface area contributed by atoms with E-state index in [0.717, 1.165) is 19.3 Å². The van der Waals surface area contributed by atoms with Crippen molar-refractivity contribution < 1.29 is 9.84 Å². The maximum atomic E-state index is 8.61. The first-order chi connectivity index (χ1) is 7.36. The standard InChI is InChI=1S/C11H14N2O2/c12-9-10-8-11(4-5-13-10)15-7-3-1-2-6-14/h4-5,8,14H,1-3,6-7H2. The highest BCUT2D eigenvalue weighted by Crippen LogP contribution is 2.10. The molecule has 0 saturated carbocycles. The summed E-state index contributed by atoms with van der Waals surface area (Å²) in [5, 5.41) is 17.2. The predicted molar refractivity (Wildman–Crippen MR) is 55.4 cm³/mol. The van der Waals surface area contributed by atoms with E-state index >= 15 is 0 Å². The Morgan fingerprint density at radius 3 is 3.00 bits per heavy atom. The maximum absolute atomic E-state index is 8.61. The van der Waals surface area contributed by atoms with Gasteiger partial charge < -0.3 is 9.84 Å². The third-order valence-electron chi connectivity index (χ3n) is 1.92. The van der Waals surface area contributed by atoms with Crippen LogP contribution in [0.2, 0.25) is 0 Å². The minimum atomic E-state index is 0.230. The number of rotatable bonds is 6. The summed E-state index contributed by atoms with van der Waals surface area (Å²) in [6.45, 7) is 0.836. The second-order valence-corrected chi connectivity index (χ2v) is 3.12. The molecule has 0 spiro atoms. The van der Waals surface area contributed by atoms with Crippen LogP contribution in [0.4, 0.5) is 0 Å². The summed E-state index contributed by atoms with van der Waals surface area (Å²) < 4.78 is 5.42. The molecule has 0 fully saturated rings. The number of hydrogen-bond acceptors (Lipinski definition) is 4. The van der Waals surface area contributed by atoms with Gasteiger partial charge in [0.2, 0.25) is 0 Å². The van der Waals surface area contributed by atoms with Crippen molar-refractivity contribution in [2.45, 2.75) is 19.3 Å². The van der Waals surface area contributed by atoms with Crippen molar-refractivity contribution in [3.63, 3.8) is 0 Å². The van der Waals surface area contributed by atoms with Crippen molar-refractivity contribution in [2.75, 3.05) is 13.2 Å². The number of nitriles is 1. The second kappa shape index (κ2) is 6.80. The van der Waals surface area contributed by atoms with Gasteiger partial charge in [0.25, 0.3) is 0 Å². The van der Waals surface area contributed by atoms with E-state index < -0.39 is 0 Å². The molecule has 0 aliphatic heterocycles. The molecule has 1 aromatic heterocycles. The van der Waals surface area contributed by atoms with Gasteiger partial charge in [-0.05, 0) is 25.3 Å². The molecule has 4 heteroatoms. The van der Waals surface area contributed by atoms with E-state index in [1.807, 2.05) is 6.07 Å². The fraction of sp³-hybridized carbons (Fsp3) is 0.455. The monoisotopic (exact) mass is 206 g/mol. The second-order valence-electron chi connectivity index (χ2n) is 3.12. The average molecular weight is 206 g/mol. The van der Waals surface area contributed by atoms with Gasteiger partial charge in [-0.2, -0.15) is 5.26 Å². The lowest BCUT2D eigenvalue weighted by Gasteiger charge is -2.05. The van der Waals surface area contributed by atoms with E-state index in [1.54, 1.807) is 18.3 Å². The van der Waals surface area contributed by atoms with Crippen molar-refractivity contribution in [1.29, 1.82) is 5.26 Å². The summed E-state index contributed by atoms with van der Waals surface area (Å²) in [7, 11) is 0. The lowest BCUT2D eigenvalue weighted by molar-refractivity contribution is 0.266. The van der Waals surface area contributed by atoms with E-state index in [1.165, 1.54) is 0 Å². The Bertz CT molecular complexity index is 334. The molecule has 0 unspecified atom stereocenters. The zero-order chi connectivity index (χ0) is 10.9. The maximum Gasteiger partial charge on any atom is 0.144 e. The number of pyridine rings is 1. The average Bonchev–Trinajstić information content (AvgIpc) is 2.29. The molecule has 0 saturated heterocycles. The fourth-order valence-corrected chi connectivity index (χ4v) is 1.14. The minimum absolute atomic E-state index is 0.230. The van der Waals surface area contributed by atoms with E-state index in [0.29, 0.717) is 18.1 Å². The Balaban J connectivity index is 2.28. The lowest BCUT2D eigenvalue weighted by atomic mass is 10.2. The Hall–Kier alpha value is -1.60. The third-order valence-corrected chi connectivity index (χ3v) is 1.92. The Kier molecular flexibility index (Phi) is 5.20. The molecule has 0 amide bonds. The Labute approximate surface area is 89.1 Å². The van der Waals surface area contributed by atoms with Crippen LogP contribution in [0.25, 0.3) is 0 Å². The number of aromatic nitrogens is 1. The minimum Gasteiger partial charge on any atom is -0.493 e. The first-order valence-electron chi connectivity index (χ1n) is 4.96. The molecule has 0 bridgehead atoms. The predicted octanol–water partition coefficient (Wildman–Crippen LogP) is 1.49. The van der Waals surface area contributed by atoms with Crippen molar-refractivity contribution in [3.8, 4) is 11.8 Å². The van der Waals surface area contributed by atoms with Crippen LogP contribution in [0, 0.1) is 11.3 Å². The van der Waals surface area contributed by atoms with Crippen LogP contribution >= 0.6 is 0 Å². The normalized spacial score (nSPS) is 9.60. The third kappa shape index (κ3) is 4.43. The zero-order valence-corrected chi connectivity index (χ0v) is 8.52. The van der Waals surface area contributed by atoms with Gasteiger partial charge in [0.15, 0.2) is 0 Å². The van der Waals surface area contributed by atoms with Crippen LogP contribution in [-0.4, -0.2) is 23.3 Å². The Morgan fingerprint density at radius 2 is 2.27 bits per heavy atom. The van der Waals surface area contributed by atoms with Gasteiger partial charge in [-0.15, -0.1) is 0 Å². The van der Waals surface area contributed by atoms with Crippen LogP contribution in [0.1, 0.15) is 25.0 Å². The molecule has 1 aromatic rings.